The van der Waals surface area contributed by atoms with Crippen LogP contribution in [0.5, 0.6) is 0 Å². The summed E-state index contributed by atoms with van der Waals surface area (Å²) in [6, 6.07) is 8.29. The first kappa shape index (κ1) is 14.5. The van der Waals surface area contributed by atoms with Gasteiger partial charge in [0.1, 0.15) is 5.76 Å². The van der Waals surface area contributed by atoms with Crippen LogP contribution in [-0.2, 0) is 16.6 Å². The fourth-order valence-corrected chi connectivity index (χ4v) is 2.71. The summed E-state index contributed by atoms with van der Waals surface area (Å²) >= 11 is 0. The molecule has 2 N–H and O–H groups in total. The van der Waals surface area contributed by atoms with Crippen molar-refractivity contribution in [1.29, 1.82) is 0 Å². The molecule has 1 heterocycles. The van der Waals surface area contributed by atoms with E-state index < -0.39 is 10.0 Å². The molecule has 0 unspecified atom stereocenters. The monoisotopic (exact) mass is 295 g/mol. The number of nitrogens with zero attached hydrogens (tertiary/aromatic N) is 1. The fourth-order valence-electron chi connectivity index (χ4n) is 1.71. The Balaban J connectivity index is 2.05. The molecule has 0 radical (unpaired) electrons. The molecule has 6 nitrogen and oxygen atoms in total. The maximum atomic E-state index is 12.1. The molecule has 0 aliphatic rings. The smallest absolute Gasteiger partial charge is 0.240 e. The second kappa shape index (κ2) is 6.06. The van der Waals surface area contributed by atoms with Crippen LogP contribution in [-0.4, -0.2) is 20.1 Å². The number of aryl methyl sites for hydroxylation is 1. The number of aromatic nitrogens is 1. The number of rotatable bonds is 6. The van der Waals surface area contributed by atoms with Gasteiger partial charge in [0.2, 0.25) is 10.0 Å². The van der Waals surface area contributed by atoms with Crippen molar-refractivity contribution in [2.24, 2.45) is 0 Å². The lowest BCUT2D eigenvalue weighted by molar-refractivity contribution is 0.390. The number of nitrogens with one attached hydrogen (secondary N) is 2. The highest BCUT2D eigenvalue weighted by Gasteiger charge is 2.14. The number of hydrogen-bond acceptors (Lipinski definition) is 5. The van der Waals surface area contributed by atoms with Crippen LogP contribution in [0.2, 0.25) is 0 Å². The Morgan fingerprint density at radius 2 is 1.95 bits per heavy atom. The normalized spacial score (nSPS) is 11.5. The van der Waals surface area contributed by atoms with Gasteiger partial charge in [0.15, 0.2) is 0 Å². The van der Waals surface area contributed by atoms with Crippen LogP contribution in [0.4, 0.5) is 5.69 Å². The van der Waals surface area contributed by atoms with Crippen molar-refractivity contribution in [3.8, 4) is 0 Å². The Bertz CT molecular complexity index is 662. The highest BCUT2D eigenvalue weighted by Crippen LogP contribution is 2.14. The first-order valence-corrected chi connectivity index (χ1v) is 7.75. The van der Waals surface area contributed by atoms with Gasteiger partial charge in [-0.05, 0) is 38.1 Å². The average molecular weight is 295 g/mol. The minimum atomic E-state index is -3.54. The Hall–Kier alpha value is -1.86. The van der Waals surface area contributed by atoms with Crippen LogP contribution in [0.1, 0.15) is 18.4 Å². The van der Waals surface area contributed by atoms with Crippen LogP contribution in [0.15, 0.2) is 39.8 Å². The van der Waals surface area contributed by atoms with Crippen LogP contribution in [0, 0.1) is 6.92 Å². The molecular formula is C13H17N3O3S. The SMILES string of the molecule is CCNc1ccc(S(=O)(=O)NCc2cc(C)on2)cc1. The molecule has 0 spiro atoms. The Labute approximate surface area is 118 Å². The van der Waals surface area contributed by atoms with E-state index in [0.717, 1.165) is 12.2 Å². The third kappa shape index (κ3) is 3.58. The lowest BCUT2D eigenvalue weighted by Crippen LogP contribution is -2.23. The second-order valence-electron chi connectivity index (χ2n) is 4.31. The van der Waals surface area contributed by atoms with Gasteiger partial charge in [-0.15, -0.1) is 0 Å². The summed E-state index contributed by atoms with van der Waals surface area (Å²) < 4.78 is 31.6. The van der Waals surface area contributed by atoms with Gasteiger partial charge < -0.3 is 9.84 Å². The van der Waals surface area contributed by atoms with E-state index in [0.29, 0.717) is 11.5 Å². The van der Waals surface area contributed by atoms with E-state index in [2.05, 4.69) is 15.2 Å². The van der Waals surface area contributed by atoms with Crippen molar-refractivity contribution < 1.29 is 12.9 Å². The van der Waals surface area contributed by atoms with Gasteiger partial charge in [-0.1, -0.05) is 5.16 Å². The largest absolute Gasteiger partial charge is 0.385 e. The third-order valence-corrected chi connectivity index (χ3v) is 4.08. The van der Waals surface area contributed by atoms with Crippen molar-refractivity contribution in [3.63, 3.8) is 0 Å². The number of hydrogen-bond donors (Lipinski definition) is 2. The minimum absolute atomic E-state index is 0.106. The minimum Gasteiger partial charge on any atom is -0.385 e. The predicted octanol–water partition coefficient (Wildman–Crippen LogP) is 1.89. The van der Waals surface area contributed by atoms with Gasteiger partial charge in [0.05, 0.1) is 17.1 Å². The molecule has 2 rings (SSSR count). The zero-order valence-electron chi connectivity index (χ0n) is 11.4. The Morgan fingerprint density at radius 1 is 1.25 bits per heavy atom. The van der Waals surface area contributed by atoms with Crippen molar-refractivity contribution in [2.75, 3.05) is 11.9 Å². The molecule has 0 atom stereocenters. The molecule has 20 heavy (non-hydrogen) atoms. The van der Waals surface area contributed by atoms with E-state index in [-0.39, 0.29) is 11.4 Å². The highest BCUT2D eigenvalue weighted by molar-refractivity contribution is 7.89. The molecule has 2 aromatic rings. The van der Waals surface area contributed by atoms with E-state index in [9.17, 15) is 8.42 Å². The Kier molecular flexibility index (Phi) is 4.41. The standard InChI is InChI=1S/C13H17N3O3S/c1-3-14-11-4-6-13(7-5-11)20(17,18)15-9-12-8-10(2)19-16-12/h4-8,14-15H,3,9H2,1-2H3. The maximum absolute atomic E-state index is 12.1. The average Bonchev–Trinajstić information content (AvgIpc) is 2.84. The summed E-state index contributed by atoms with van der Waals surface area (Å²) in [6.45, 7) is 4.63. The summed E-state index contributed by atoms with van der Waals surface area (Å²) in [6.07, 6.45) is 0. The molecule has 0 aliphatic carbocycles. The van der Waals surface area contributed by atoms with Gasteiger partial charge in [0.25, 0.3) is 0 Å². The van der Waals surface area contributed by atoms with Crippen molar-refractivity contribution in [2.45, 2.75) is 25.3 Å². The zero-order chi connectivity index (χ0) is 14.6. The van der Waals surface area contributed by atoms with Crippen LogP contribution in [0.25, 0.3) is 0 Å². The van der Waals surface area contributed by atoms with E-state index >= 15 is 0 Å². The molecule has 0 bridgehead atoms. The summed E-state index contributed by atoms with van der Waals surface area (Å²) in [5.41, 5.74) is 1.44. The Morgan fingerprint density at radius 3 is 2.50 bits per heavy atom. The van der Waals surface area contributed by atoms with E-state index in [1.54, 1.807) is 37.3 Å². The van der Waals surface area contributed by atoms with E-state index in [1.807, 2.05) is 6.92 Å². The van der Waals surface area contributed by atoms with Crippen molar-refractivity contribution in [3.05, 3.63) is 41.8 Å². The summed E-state index contributed by atoms with van der Waals surface area (Å²) in [5, 5.41) is 6.85. The number of sulfonamides is 1. The van der Waals surface area contributed by atoms with Crippen LogP contribution < -0.4 is 10.0 Å². The zero-order valence-corrected chi connectivity index (χ0v) is 12.2. The number of benzene rings is 1. The molecule has 1 aromatic heterocycles. The van der Waals surface area contributed by atoms with E-state index in [4.69, 9.17) is 4.52 Å². The molecule has 1 aromatic carbocycles. The molecule has 0 fully saturated rings. The predicted molar refractivity (Wildman–Crippen MR) is 75.9 cm³/mol. The summed E-state index contributed by atoms with van der Waals surface area (Å²) in [4.78, 5) is 0.222. The van der Waals surface area contributed by atoms with Crippen LogP contribution in [0.3, 0.4) is 0 Å². The molecule has 7 heteroatoms. The molecule has 0 aliphatic heterocycles. The molecule has 0 saturated carbocycles. The first-order chi connectivity index (χ1) is 9.51. The van der Waals surface area contributed by atoms with Gasteiger partial charge >= 0.3 is 0 Å². The van der Waals surface area contributed by atoms with Gasteiger partial charge in [-0.25, -0.2) is 13.1 Å². The first-order valence-electron chi connectivity index (χ1n) is 6.27. The molecule has 0 saturated heterocycles. The summed E-state index contributed by atoms with van der Waals surface area (Å²) in [7, 11) is -3.54. The number of anilines is 1. The van der Waals surface area contributed by atoms with E-state index in [1.165, 1.54) is 0 Å². The van der Waals surface area contributed by atoms with Crippen LogP contribution >= 0.6 is 0 Å². The topological polar surface area (TPSA) is 84.2 Å². The highest BCUT2D eigenvalue weighted by atomic mass is 32.2. The lowest BCUT2D eigenvalue weighted by Gasteiger charge is -2.07. The summed E-state index contributed by atoms with van der Waals surface area (Å²) in [5.74, 6) is 0.647. The molecule has 0 amide bonds. The second-order valence-corrected chi connectivity index (χ2v) is 6.08. The van der Waals surface area contributed by atoms with Crippen molar-refractivity contribution >= 4 is 15.7 Å². The lowest BCUT2D eigenvalue weighted by atomic mass is 10.3. The molecular weight excluding hydrogens is 278 g/mol. The third-order valence-electron chi connectivity index (χ3n) is 2.67. The maximum Gasteiger partial charge on any atom is 0.240 e. The molecule has 108 valence electrons. The van der Waals surface area contributed by atoms with Gasteiger partial charge in [-0.3, -0.25) is 0 Å². The quantitative estimate of drug-likeness (QED) is 0.850. The van der Waals surface area contributed by atoms with Crippen molar-refractivity contribution in [1.82, 2.24) is 9.88 Å². The van der Waals surface area contributed by atoms with Gasteiger partial charge in [0, 0.05) is 18.3 Å². The van der Waals surface area contributed by atoms with Gasteiger partial charge in [-0.2, -0.15) is 0 Å². The fraction of sp³-hybridized carbons (Fsp3) is 0.308.